The Labute approximate surface area is 205 Å². The van der Waals surface area contributed by atoms with E-state index in [0.29, 0.717) is 58.5 Å². The number of carboxylic acid groups (broad SMARTS) is 1. The van der Waals surface area contributed by atoms with Gasteiger partial charge in [0.15, 0.2) is 23.0 Å². The van der Waals surface area contributed by atoms with Crippen LogP contribution in [-0.2, 0) is 21.3 Å². The first-order valence-electron chi connectivity index (χ1n) is 11.0. The summed E-state index contributed by atoms with van der Waals surface area (Å²) >= 11 is 0. The van der Waals surface area contributed by atoms with Crippen LogP contribution in [-0.4, -0.2) is 44.0 Å². The summed E-state index contributed by atoms with van der Waals surface area (Å²) in [5.74, 6) is 1.68. The second kappa shape index (κ2) is 8.38. The zero-order chi connectivity index (χ0) is 24.9. The number of ether oxygens (including phenoxy) is 5. The number of benzene rings is 3. The Balaban J connectivity index is 1.56. The Hall–Kier alpha value is -4.38. The second-order valence-electron chi connectivity index (χ2n) is 8.10. The number of hydrogen-bond acceptors (Lipinski definition) is 8. The molecule has 10 nitrogen and oxygen atoms in total. The van der Waals surface area contributed by atoms with Crippen molar-refractivity contribution in [3.05, 3.63) is 83.2 Å². The molecule has 0 aliphatic carbocycles. The summed E-state index contributed by atoms with van der Waals surface area (Å²) < 4.78 is 55.7. The molecule has 3 aliphatic heterocycles. The first-order valence-corrected chi connectivity index (χ1v) is 12.4. The molecule has 0 bridgehead atoms. The van der Waals surface area contributed by atoms with Crippen LogP contribution in [0.1, 0.15) is 16.7 Å². The highest BCUT2D eigenvalue weighted by Gasteiger charge is 2.40. The minimum absolute atomic E-state index is 0.0216. The summed E-state index contributed by atoms with van der Waals surface area (Å²) in [6.07, 6.45) is -1.65. The SMILES string of the molecule is O=C(O)OC1=C(c2ccc3c(c2)OCCO3)c2ccccc2S(=O)(=O)N1Cc1ccc2c(c1)OCO2. The third-order valence-corrected chi connectivity index (χ3v) is 7.73. The Morgan fingerprint density at radius 2 is 1.58 bits per heavy atom. The van der Waals surface area contributed by atoms with Crippen molar-refractivity contribution >= 4 is 21.8 Å². The first kappa shape index (κ1) is 22.1. The van der Waals surface area contributed by atoms with Gasteiger partial charge >= 0.3 is 6.16 Å². The monoisotopic (exact) mass is 509 g/mol. The lowest BCUT2D eigenvalue weighted by Crippen LogP contribution is -2.36. The van der Waals surface area contributed by atoms with Crippen LogP contribution in [0.4, 0.5) is 4.79 Å². The van der Waals surface area contributed by atoms with Gasteiger partial charge in [-0.1, -0.05) is 30.3 Å². The van der Waals surface area contributed by atoms with Gasteiger partial charge in [-0.25, -0.2) is 17.5 Å². The summed E-state index contributed by atoms with van der Waals surface area (Å²) in [5, 5.41) is 9.59. The van der Waals surface area contributed by atoms with Crippen molar-refractivity contribution in [3.63, 3.8) is 0 Å². The van der Waals surface area contributed by atoms with E-state index in [4.69, 9.17) is 23.7 Å². The van der Waals surface area contributed by atoms with Gasteiger partial charge in [-0.15, -0.1) is 0 Å². The van der Waals surface area contributed by atoms with Gasteiger partial charge in [-0.2, -0.15) is 0 Å². The normalized spacial score (nSPS) is 16.9. The topological polar surface area (TPSA) is 121 Å². The van der Waals surface area contributed by atoms with Crippen LogP contribution in [0.2, 0.25) is 0 Å². The van der Waals surface area contributed by atoms with Gasteiger partial charge < -0.3 is 28.8 Å². The molecule has 0 saturated carbocycles. The number of carbonyl (C=O) groups is 1. The van der Waals surface area contributed by atoms with Crippen LogP contribution in [0.5, 0.6) is 23.0 Å². The van der Waals surface area contributed by atoms with Crippen molar-refractivity contribution in [2.24, 2.45) is 0 Å². The molecule has 3 heterocycles. The van der Waals surface area contributed by atoms with Crippen molar-refractivity contribution in [2.75, 3.05) is 20.0 Å². The molecule has 6 rings (SSSR count). The summed E-state index contributed by atoms with van der Waals surface area (Å²) in [4.78, 5) is 11.8. The van der Waals surface area contributed by atoms with E-state index in [1.165, 1.54) is 6.07 Å². The lowest BCUT2D eigenvalue weighted by Gasteiger charge is -2.33. The zero-order valence-corrected chi connectivity index (χ0v) is 19.5. The van der Waals surface area contributed by atoms with Crippen LogP contribution in [0.15, 0.2) is 71.4 Å². The molecule has 3 aromatic rings. The number of rotatable bonds is 4. The van der Waals surface area contributed by atoms with E-state index in [9.17, 15) is 18.3 Å². The molecule has 3 aliphatic rings. The molecule has 0 amide bonds. The lowest BCUT2D eigenvalue weighted by atomic mass is 9.97. The summed E-state index contributed by atoms with van der Waals surface area (Å²) in [6.45, 7) is 0.627. The number of sulfonamides is 1. The number of hydrogen-bond donors (Lipinski definition) is 1. The maximum absolute atomic E-state index is 13.8. The molecule has 0 aromatic heterocycles. The van der Waals surface area contributed by atoms with Crippen LogP contribution in [0, 0.1) is 0 Å². The predicted molar refractivity (Wildman–Crippen MR) is 124 cm³/mol. The van der Waals surface area contributed by atoms with E-state index in [1.807, 2.05) is 0 Å². The highest BCUT2D eigenvalue weighted by molar-refractivity contribution is 7.89. The minimum atomic E-state index is -4.19. The van der Waals surface area contributed by atoms with Gasteiger partial charge in [0.1, 0.15) is 13.2 Å². The fraction of sp³-hybridized carbons (Fsp3) is 0.160. The van der Waals surface area contributed by atoms with E-state index in [1.54, 1.807) is 54.6 Å². The molecule has 1 N–H and O–H groups in total. The first-order chi connectivity index (χ1) is 17.4. The maximum Gasteiger partial charge on any atom is 0.512 e. The van der Waals surface area contributed by atoms with Crippen molar-refractivity contribution in [1.82, 2.24) is 4.31 Å². The van der Waals surface area contributed by atoms with Gasteiger partial charge in [0.25, 0.3) is 10.0 Å². The lowest BCUT2D eigenvalue weighted by molar-refractivity contribution is 0.101. The quantitative estimate of drug-likeness (QED) is 0.524. The third-order valence-electron chi connectivity index (χ3n) is 5.94. The molecule has 3 aromatic carbocycles. The third kappa shape index (κ3) is 3.64. The number of nitrogens with zero attached hydrogens (tertiary/aromatic N) is 1. The molecular weight excluding hydrogens is 490 g/mol. The second-order valence-corrected chi connectivity index (χ2v) is 9.93. The molecule has 11 heteroatoms. The van der Waals surface area contributed by atoms with Crippen LogP contribution in [0.3, 0.4) is 0 Å². The molecule has 0 saturated heterocycles. The standard InChI is InChI=1S/C25H19NO9S/c27-25(28)35-24-23(16-6-8-18-21(12-16)32-10-9-31-18)17-3-1-2-4-22(17)36(29,30)26(24)13-15-5-7-19-20(11-15)34-14-33-19/h1-8,11-12H,9-10,13-14H2,(H,27,28). The molecule has 36 heavy (non-hydrogen) atoms. The molecule has 184 valence electrons. The number of fused-ring (bicyclic) bond motifs is 3. The summed E-state index contributed by atoms with van der Waals surface area (Å²) in [6, 6.07) is 16.5. The highest BCUT2D eigenvalue weighted by Crippen LogP contribution is 2.44. The van der Waals surface area contributed by atoms with E-state index in [2.05, 4.69) is 0 Å². The fourth-order valence-corrected chi connectivity index (χ4v) is 5.99. The van der Waals surface area contributed by atoms with E-state index >= 15 is 0 Å². The van der Waals surface area contributed by atoms with E-state index < -0.39 is 16.2 Å². The molecule has 0 unspecified atom stereocenters. The van der Waals surface area contributed by atoms with E-state index in [0.717, 1.165) is 4.31 Å². The summed E-state index contributed by atoms with van der Waals surface area (Å²) in [5.41, 5.74) is 1.66. The van der Waals surface area contributed by atoms with Crippen molar-refractivity contribution in [1.29, 1.82) is 0 Å². The van der Waals surface area contributed by atoms with Crippen LogP contribution < -0.4 is 18.9 Å². The smallest absolute Gasteiger partial charge is 0.486 e. The molecular formula is C25H19NO9S. The zero-order valence-electron chi connectivity index (χ0n) is 18.7. The van der Waals surface area contributed by atoms with Gasteiger partial charge in [-0.3, -0.25) is 0 Å². The van der Waals surface area contributed by atoms with Crippen molar-refractivity contribution in [3.8, 4) is 23.0 Å². The Bertz CT molecular complexity index is 1530. The van der Waals surface area contributed by atoms with Gasteiger partial charge in [0.05, 0.1) is 17.0 Å². The predicted octanol–water partition coefficient (Wildman–Crippen LogP) is 3.80. The van der Waals surface area contributed by atoms with Gasteiger partial charge in [-0.05, 0) is 41.5 Å². The molecule has 0 radical (unpaired) electrons. The van der Waals surface area contributed by atoms with Gasteiger partial charge in [0.2, 0.25) is 12.7 Å². The largest absolute Gasteiger partial charge is 0.512 e. The van der Waals surface area contributed by atoms with Gasteiger partial charge in [0, 0.05) is 5.56 Å². The molecule has 0 atom stereocenters. The summed E-state index contributed by atoms with van der Waals surface area (Å²) in [7, 11) is -4.19. The average molecular weight is 509 g/mol. The van der Waals surface area contributed by atoms with Crippen LogP contribution in [0.25, 0.3) is 5.57 Å². The highest BCUT2D eigenvalue weighted by atomic mass is 32.2. The fourth-order valence-electron chi connectivity index (χ4n) is 4.39. The molecule has 0 fully saturated rings. The Kier molecular flexibility index (Phi) is 5.15. The Morgan fingerprint density at radius 1 is 0.889 bits per heavy atom. The van der Waals surface area contributed by atoms with Crippen molar-refractivity contribution < 1.29 is 42.0 Å². The maximum atomic E-state index is 13.8. The van der Waals surface area contributed by atoms with E-state index in [-0.39, 0.29) is 24.1 Å². The average Bonchev–Trinajstić information content (AvgIpc) is 3.34. The van der Waals surface area contributed by atoms with Crippen LogP contribution >= 0.6 is 0 Å². The Morgan fingerprint density at radius 3 is 2.42 bits per heavy atom. The van der Waals surface area contributed by atoms with Crippen molar-refractivity contribution in [2.45, 2.75) is 11.4 Å². The minimum Gasteiger partial charge on any atom is -0.486 e. The molecule has 0 spiro atoms.